The van der Waals surface area contributed by atoms with Crippen LogP contribution < -0.4 is 10.1 Å². The van der Waals surface area contributed by atoms with Crippen molar-refractivity contribution in [1.29, 1.82) is 4.78 Å². The van der Waals surface area contributed by atoms with Crippen molar-refractivity contribution >= 4 is 21.3 Å². The largest absolute Gasteiger partial charge is 0.496 e. The molecule has 34 heavy (non-hydrogen) atoms. The zero-order valence-corrected chi connectivity index (χ0v) is 19.9. The molecule has 5 atom stereocenters. The molecule has 7 nitrogen and oxygen atoms in total. The lowest BCUT2D eigenvalue weighted by Crippen LogP contribution is -2.47. The number of methoxy groups -OCH3 is 1. The number of alkyl halides is 3. The number of hydrogen-bond donors (Lipinski definition) is 2. The number of carbonyl (C=O) groups excluding carboxylic acids is 1. The van der Waals surface area contributed by atoms with Crippen molar-refractivity contribution in [3.05, 3.63) is 47.4 Å². The molecular formula is C22H25F4N3O4S. The molecule has 1 unspecified atom stereocenters. The van der Waals surface area contributed by atoms with Crippen LogP contribution in [0.25, 0.3) is 0 Å². The highest BCUT2D eigenvalue weighted by Gasteiger charge is 2.65. The number of amides is 1. The Kier molecular flexibility index (Phi) is 6.70. The average Bonchev–Trinajstić information content (AvgIpc) is 3.01. The predicted molar refractivity (Wildman–Crippen MR) is 117 cm³/mol. The van der Waals surface area contributed by atoms with E-state index in [-0.39, 0.29) is 27.6 Å². The summed E-state index contributed by atoms with van der Waals surface area (Å²) >= 11 is 0. The van der Waals surface area contributed by atoms with Crippen molar-refractivity contribution < 1.29 is 36.0 Å². The molecule has 0 radical (unpaired) electrons. The molecule has 1 amide bonds. The Bertz CT molecular complexity index is 1220. The topological polar surface area (TPSA) is 101 Å². The van der Waals surface area contributed by atoms with Gasteiger partial charge in [-0.25, -0.2) is 18.4 Å². The molecule has 2 N–H and O–H groups in total. The van der Waals surface area contributed by atoms with Gasteiger partial charge in [-0.2, -0.15) is 13.2 Å². The van der Waals surface area contributed by atoms with E-state index in [0.717, 1.165) is 19.2 Å². The standard InChI is InChI=1S/C22H25F4N3O4S/c1-11-15(23)7-6-14(18(11)32-4)17-12(2)21(3,22(24,25)26)33-19(17)20(30)29-13-8-9-28-16(10-13)34(5,27)31/h6-10,12,17,19,27H,1-5H3,(H,28,29,30)/t12-,17-,19+,21+,34?/m1/s1. The van der Waals surface area contributed by atoms with Crippen LogP contribution in [0.3, 0.4) is 0 Å². The number of anilines is 1. The van der Waals surface area contributed by atoms with E-state index in [9.17, 15) is 26.6 Å². The number of pyridine rings is 1. The second-order valence-corrected chi connectivity index (χ2v) is 10.6. The number of hydrogen-bond acceptors (Lipinski definition) is 6. The second kappa shape index (κ2) is 8.81. The predicted octanol–water partition coefficient (Wildman–Crippen LogP) is 4.65. The van der Waals surface area contributed by atoms with Crippen LogP contribution in [0.2, 0.25) is 0 Å². The number of nitrogens with one attached hydrogen (secondary N) is 2. The minimum Gasteiger partial charge on any atom is -0.496 e. The summed E-state index contributed by atoms with van der Waals surface area (Å²) in [6.07, 6.45) is -4.04. The summed E-state index contributed by atoms with van der Waals surface area (Å²) in [6, 6.07) is 4.97. The Labute approximate surface area is 194 Å². The lowest BCUT2D eigenvalue weighted by Gasteiger charge is -2.32. The summed E-state index contributed by atoms with van der Waals surface area (Å²) in [5, 5.41) is 2.38. The van der Waals surface area contributed by atoms with Crippen molar-refractivity contribution in [2.45, 2.75) is 49.6 Å². The van der Waals surface area contributed by atoms with Gasteiger partial charge in [0.1, 0.15) is 22.7 Å². The highest BCUT2D eigenvalue weighted by atomic mass is 32.2. The number of rotatable bonds is 5. The number of ether oxygens (including phenoxy) is 2. The molecule has 0 aliphatic carbocycles. The SMILES string of the molecule is COc1c([C@@H]2[C@@H](C(=O)Nc3ccnc(S(C)(=N)=O)c3)O[C@](C)(C(F)(F)F)[C@@H]2C)ccc(F)c1C. The van der Waals surface area contributed by atoms with Crippen LogP contribution >= 0.6 is 0 Å². The third kappa shape index (κ3) is 4.48. The first-order valence-electron chi connectivity index (χ1n) is 10.2. The van der Waals surface area contributed by atoms with Gasteiger partial charge in [0.2, 0.25) is 0 Å². The maximum atomic E-state index is 14.1. The molecule has 0 bridgehead atoms. The fraction of sp³-hybridized carbons (Fsp3) is 0.455. The molecule has 12 heteroatoms. The Morgan fingerprint density at radius 2 is 1.97 bits per heavy atom. The van der Waals surface area contributed by atoms with Gasteiger partial charge in [0.15, 0.2) is 5.60 Å². The molecule has 1 aliphatic heterocycles. The van der Waals surface area contributed by atoms with Crippen molar-refractivity contribution in [3.8, 4) is 5.75 Å². The zero-order chi connectivity index (χ0) is 25.6. The van der Waals surface area contributed by atoms with E-state index in [2.05, 4.69) is 10.3 Å². The molecule has 1 aliphatic rings. The van der Waals surface area contributed by atoms with Crippen LogP contribution in [0.1, 0.15) is 30.9 Å². The Morgan fingerprint density at radius 1 is 1.32 bits per heavy atom. The van der Waals surface area contributed by atoms with Crippen molar-refractivity contribution in [3.63, 3.8) is 0 Å². The highest BCUT2D eigenvalue weighted by Crippen LogP contribution is 2.55. The molecule has 0 saturated carbocycles. The van der Waals surface area contributed by atoms with Gasteiger partial charge in [0, 0.05) is 41.1 Å². The molecule has 0 spiro atoms. The Balaban J connectivity index is 2.08. The molecule has 1 fully saturated rings. The average molecular weight is 504 g/mol. The van der Waals surface area contributed by atoms with Crippen LogP contribution in [-0.2, 0) is 19.3 Å². The molecule has 1 saturated heterocycles. The smallest absolute Gasteiger partial charge is 0.417 e. The summed E-state index contributed by atoms with van der Waals surface area (Å²) in [7, 11) is -1.92. The third-order valence-electron chi connectivity index (χ3n) is 6.26. The van der Waals surface area contributed by atoms with Gasteiger partial charge in [-0.05, 0) is 32.0 Å². The van der Waals surface area contributed by atoms with Crippen molar-refractivity contribution in [2.24, 2.45) is 5.92 Å². The molecule has 2 aromatic rings. The minimum atomic E-state index is -4.80. The van der Waals surface area contributed by atoms with E-state index < -0.39 is 51.2 Å². The van der Waals surface area contributed by atoms with Gasteiger partial charge in [0.25, 0.3) is 5.91 Å². The van der Waals surface area contributed by atoms with E-state index in [1.165, 1.54) is 45.4 Å². The van der Waals surface area contributed by atoms with Crippen LogP contribution in [0.5, 0.6) is 5.75 Å². The van der Waals surface area contributed by atoms with Gasteiger partial charge >= 0.3 is 6.18 Å². The summed E-state index contributed by atoms with van der Waals surface area (Å²) in [6.45, 7) is 3.62. The molecule has 1 aromatic carbocycles. The summed E-state index contributed by atoms with van der Waals surface area (Å²) < 4.78 is 86.6. The van der Waals surface area contributed by atoms with E-state index in [0.29, 0.717) is 0 Å². The summed E-state index contributed by atoms with van der Waals surface area (Å²) in [5.74, 6) is -3.82. The van der Waals surface area contributed by atoms with E-state index in [4.69, 9.17) is 14.3 Å². The number of nitrogens with zero attached hydrogens (tertiary/aromatic N) is 1. The first-order chi connectivity index (χ1) is 15.6. The summed E-state index contributed by atoms with van der Waals surface area (Å²) in [5.41, 5.74) is -2.27. The first-order valence-corrected chi connectivity index (χ1v) is 12.2. The molecule has 186 valence electrons. The second-order valence-electron chi connectivity index (χ2n) is 8.47. The molecule has 2 heterocycles. The Hall–Kier alpha value is -2.73. The van der Waals surface area contributed by atoms with Crippen LogP contribution in [0.15, 0.2) is 35.5 Å². The highest BCUT2D eigenvalue weighted by molar-refractivity contribution is 7.91. The van der Waals surface area contributed by atoms with Crippen LogP contribution in [0, 0.1) is 23.4 Å². The van der Waals surface area contributed by atoms with Crippen molar-refractivity contribution in [1.82, 2.24) is 4.98 Å². The molecule has 3 rings (SSSR count). The van der Waals surface area contributed by atoms with E-state index in [1.54, 1.807) is 0 Å². The monoisotopic (exact) mass is 503 g/mol. The van der Waals surface area contributed by atoms with Gasteiger partial charge < -0.3 is 14.8 Å². The van der Waals surface area contributed by atoms with E-state index >= 15 is 0 Å². The number of carbonyl (C=O) groups is 1. The van der Waals surface area contributed by atoms with Gasteiger partial charge in [0.05, 0.1) is 16.8 Å². The maximum absolute atomic E-state index is 14.1. The molecule has 1 aromatic heterocycles. The van der Waals surface area contributed by atoms with Gasteiger partial charge in [-0.3, -0.25) is 4.79 Å². The Morgan fingerprint density at radius 3 is 2.53 bits per heavy atom. The van der Waals surface area contributed by atoms with Crippen molar-refractivity contribution in [2.75, 3.05) is 18.7 Å². The number of benzene rings is 1. The fourth-order valence-electron chi connectivity index (χ4n) is 4.16. The van der Waals surface area contributed by atoms with Crippen LogP contribution in [-0.4, -0.2) is 46.3 Å². The summed E-state index contributed by atoms with van der Waals surface area (Å²) in [4.78, 5) is 17.1. The normalized spacial score (nSPS) is 26.7. The third-order valence-corrected chi connectivity index (χ3v) is 7.28. The lowest BCUT2D eigenvalue weighted by atomic mass is 9.76. The van der Waals surface area contributed by atoms with Gasteiger partial charge in [-0.15, -0.1) is 0 Å². The maximum Gasteiger partial charge on any atom is 0.417 e. The minimum absolute atomic E-state index is 0.0378. The lowest BCUT2D eigenvalue weighted by molar-refractivity contribution is -0.272. The van der Waals surface area contributed by atoms with E-state index in [1.807, 2.05) is 0 Å². The fourth-order valence-corrected chi connectivity index (χ4v) is 4.77. The van der Waals surface area contributed by atoms with Crippen LogP contribution in [0.4, 0.5) is 23.2 Å². The number of halogens is 4. The molecular weight excluding hydrogens is 478 g/mol. The van der Waals surface area contributed by atoms with Gasteiger partial charge in [-0.1, -0.05) is 13.0 Å². The zero-order valence-electron chi connectivity index (χ0n) is 19.1. The number of aromatic nitrogens is 1. The first kappa shape index (κ1) is 25.9. The quantitative estimate of drug-likeness (QED) is 0.579.